The van der Waals surface area contributed by atoms with E-state index in [9.17, 15) is 0 Å². The van der Waals surface area contributed by atoms with E-state index in [1.807, 2.05) is 42.6 Å². The number of nitrogens with zero attached hydrogens (tertiary/aromatic N) is 4. The quantitative estimate of drug-likeness (QED) is 0.194. The Morgan fingerprint density at radius 2 is 1.20 bits per heavy atom. The highest BCUT2D eigenvalue weighted by Crippen LogP contribution is 2.32. The average molecular weight is 529 g/mol. The molecule has 4 heteroatoms. The molecule has 6 rings (SSSR count). The molecule has 0 fully saturated rings. The average Bonchev–Trinajstić information content (AvgIpc) is 3.04. The van der Waals surface area contributed by atoms with Gasteiger partial charge in [0.05, 0.1) is 0 Å². The molecule has 196 valence electrons. The number of rotatable bonds is 7. The Labute approximate surface area is 240 Å². The van der Waals surface area contributed by atoms with Crippen molar-refractivity contribution < 1.29 is 0 Å². The number of allylic oxidation sites excluding steroid dienone is 4. The van der Waals surface area contributed by atoms with Crippen LogP contribution in [0.4, 0.5) is 0 Å². The minimum Gasteiger partial charge on any atom is -0.261 e. The predicted octanol–water partition coefficient (Wildman–Crippen LogP) is 9.15. The van der Waals surface area contributed by atoms with Crippen molar-refractivity contribution in [1.82, 2.24) is 19.9 Å². The lowest BCUT2D eigenvalue weighted by molar-refractivity contribution is 1.04. The van der Waals surface area contributed by atoms with Gasteiger partial charge in [0.15, 0.2) is 17.5 Å². The van der Waals surface area contributed by atoms with E-state index in [4.69, 9.17) is 15.0 Å². The SMILES string of the molecule is C=C/C=C(\C=C)c1nc(-c2ccccc2)nc(-c2ccc(-c3ccc(-c4cccc5c(C)nccc45)cc3)cc2)n1. The standard InChI is InChI=1S/C37H28N4/c1-4-10-26(5-2)35-39-36(30-11-7-6-8-12-30)41-37(40-35)31-21-17-28(18-22-31)27-15-19-29(20-16-27)33-14-9-13-32-25(3)38-24-23-34(32)33/h4-24H,1-2H2,3H3/b26-10+. The second-order valence-electron chi connectivity index (χ2n) is 9.69. The zero-order valence-electron chi connectivity index (χ0n) is 22.8. The fraction of sp³-hybridized carbons (Fsp3) is 0.0270. The summed E-state index contributed by atoms with van der Waals surface area (Å²) < 4.78 is 0. The Bertz CT molecular complexity index is 1900. The van der Waals surface area contributed by atoms with Crippen molar-refractivity contribution in [2.24, 2.45) is 0 Å². The number of aromatic nitrogens is 4. The number of aryl methyl sites for hydroxylation is 1. The fourth-order valence-corrected chi connectivity index (χ4v) is 4.97. The van der Waals surface area contributed by atoms with E-state index in [0.29, 0.717) is 17.5 Å². The zero-order valence-corrected chi connectivity index (χ0v) is 22.8. The lowest BCUT2D eigenvalue weighted by Gasteiger charge is -2.10. The number of fused-ring (bicyclic) bond motifs is 1. The van der Waals surface area contributed by atoms with Crippen LogP contribution < -0.4 is 0 Å². The highest BCUT2D eigenvalue weighted by Gasteiger charge is 2.13. The van der Waals surface area contributed by atoms with Crippen molar-refractivity contribution in [3.63, 3.8) is 0 Å². The summed E-state index contributed by atoms with van der Waals surface area (Å²) in [5.74, 6) is 1.78. The molecule has 0 N–H and O–H groups in total. The van der Waals surface area contributed by atoms with Crippen molar-refractivity contribution in [2.45, 2.75) is 6.92 Å². The highest BCUT2D eigenvalue weighted by molar-refractivity contribution is 5.97. The first-order valence-electron chi connectivity index (χ1n) is 13.5. The van der Waals surface area contributed by atoms with E-state index in [1.54, 1.807) is 12.2 Å². The summed E-state index contributed by atoms with van der Waals surface area (Å²) in [7, 11) is 0. The van der Waals surface area contributed by atoms with Crippen LogP contribution in [-0.2, 0) is 0 Å². The molecule has 4 aromatic carbocycles. The van der Waals surface area contributed by atoms with Crippen molar-refractivity contribution in [3.8, 4) is 45.0 Å². The lowest BCUT2D eigenvalue weighted by atomic mass is 9.96. The molecule has 0 radical (unpaired) electrons. The minimum absolute atomic E-state index is 0.558. The fourth-order valence-electron chi connectivity index (χ4n) is 4.97. The second kappa shape index (κ2) is 11.3. The summed E-state index contributed by atoms with van der Waals surface area (Å²) >= 11 is 0. The minimum atomic E-state index is 0.558. The first kappa shape index (κ1) is 25.8. The molecule has 0 saturated carbocycles. The molecule has 0 unspecified atom stereocenters. The van der Waals surface area contributed by atoms with Crippen LogP contribution in [0.5, 0.6) is 0 Å². The van der Waals surface area contributed by atoms with Gasteiger partial charge < -0.3 is 0 Å². The number of pyridine rings is 1. The van der Waals surface area contributed by atoms with Gasteiger partial charge in [0, 0.05) is 34.0 Å². The van der Waals surface area contributed by atoms with Gasteiger partial charge >= 0.3 is 0 Å². The Hall–Kier alpha value is -5.48. The van der Waals surface area contributed by atoms with Crippen molar-refractivity contribution in [1.29, 1.82) is 0 Å². The first-order chi connectivity index (χ1) is 20.1. The van der Waals surface area contributed by atoms with Crippen molar-refractivity contribution >= 4 is 16.3 Å². The Balaban J connectivity index is 1.34. The third-order valence-electron chi connectivity index (χ3n) is 7.12. The highest BCUT2D eigenvalue weighted by atomic mass is 15.0. The molecule has 2 aromatic heterocycles. The third kappa shape index (κ3) is 5.23. The molecule has 0 spiro atoms. The van der Waals surface area contributed by atoms with Crippen LogP contribution in [0.15, 0.2) is 141 Å². The summed E-state index contributed by atoms with van der Waals surface area (Å²) in [6.45, 7) is 9.80. The van der Waals surface area contributed by atoms with E-state index in [0.717, 1.165) is 33.5 Å². The molecular formula is C37H28N4. The van der Waals surface area contributed by atoms with Gasteiger partial charge in [-0.05, 0) is 40.6 Å². The molecule has 41 heavy (non-hydrogen) atoms. The topological polar surface area (TPSA) is 51.6 Å². The van der Waals surface area contributed by atoms with E-state index < -0.39 is 0 Å². The molecule has 6 aromatic rings. The van der Waals surface area contributed by atoms with Crippen molar-refractivity contribution in [2.75, 3.05) is 0 Å². The number of hydrogen-bond acceptors (Lipinski definition) is 4. The van der Waals surface area contributed by atoms with Crippen LogP contribution in [0.25, 0.3) is 61.4 Å². The van der Waals surface area contributed by atoms with Gasteiger partial charge in [0.25, 0.3) is 0 Å². The summed E-state index contributed by atoms with van der Waals surface area (Å²) in [6.07, 6.45) is 7.17. The molecule has 2 heterocycles. The van der Waals surface area contributed by atoms with E-state index in [2.05, 4.69) is 97.9 Å². The molecule has 0 amide bonds. The van der Waals surface area contributed by atoms with Gasteiger partial charge in [0.1, 0.15) is 0 Å². The van der Waals surface area contributed by atoms with Gasteiger partial charge in [-0.3, -0.25) is 4.98 Å². The van der Waals surface area contributed by atoms with Gasteiger partial charge in [-0.2, -0.15) is 0 Å². The van der Waals surface area contributed by atoms with Crippen LogP contribution in [0.3, 0.4) is 0 Å². The molecule has 0 atom stereocenters. The molecular weight excluding hydrogens is 500 g/mol. The number of hydrogen-bond donors (Lipinski definition) is 0. The largest absolute Gasteiger partial charge is 0.261 e. The second-order valence-corrected chi connectivity index (χ2v) is 9.69. The zero-order chi connectivity index (χ0) is 28.2. The first-order valence-corrected chi connectivity index (χ1v) is 13.5. The number of benzene rings is 4. The summed E-state index contributed by atoms with van der Waals surface area (Å²) in [6, 6.07) is 35.4. The van der Waals surface area contributed by atoms with Gasteiger partial charge in [-0.15, -0.1) is 0 Å². The molecule has 4 nitrogen and oxygen atoms in total. The van der Waals surface area contributed by atoms with Gasteiger partial charge in [-0.25, -0.2) is 15.0 Å². The maximum absolute atomic E-state index is 4.82. The Morgan fingerprint density at radius 3 is 1.83 bits per heavy atom. The lowest BCUT2D eigenvalue weighted by Crippen LogP contribution is -2.02. The van der Waals surface area contributed by atoms with Gasteiger partial charge in [0.2, 0.25) is 0 Å². The third-order valence-corrected chi connectivity index (χ3v) is 7.12. The van der Waals surface area contributed by atoms with E-state index in [-0.39, 0.29) is 0 Å². The summed E-state index contributed by atoms with van der Waals surface area (Å²) in [4.78, 5) is 18.8. The maximum Gasteiger partial charge on any atom is 0.164 e. The van der Waals surface area contributed by atoms with E-state index >= 15 is 0 Å². The summed E-state index contributed by atoms with van der Waals surface area (Å²) in [5.41, 5.74) is 8.31. The smallest absolute Gasteiger partial charge is 0.164 e. The van der Waals surface area contributed by atoms with Crippen LogP contribution in [0.2, 0.25) is 0 Å². The van der Waals surface area contributed by atoms with E-state index in [1.165, 1.54) is 21.9 Å². The monoisotopic (exact) mass is 528 g/mol. The molecule has 0 aliphatic rings. The normalized spacial score (nSPS) is 11.4. The molecule has 0 aliphatic carbocycles. The van der Waals surface area contributed by atoms with Crippen LogP contribution in [-0.4, -0.2) is 19.9 Å². The maximum atomic E-state index is 4.82. The van der Waals surface area contributed by atoms with Crippen LogP contribution in [0, 0.1) is 6.92 Å². The predicted molar refractivity (Wildman–Crippen MR) is 170 cm³/mol. The summed E-state index contributed by atoms with van der Waals surface area (Å²) in [5, 5.41) is 2.40. The van der Waals surface area contributed by atoms with Crippen LogP contribution in [0.1, 0.15) is 11.5 Å². The molecule has 0 saturated heterocycles. The molecule has 0 aliphatic heterocycles. The molecule has 0 bridgehead atoms. The van der Waals surface area contributed by atoms with Crippen LogP contribution >= 0.6 is 0 Å². The Morgan fingerprint density at radius 1 is 0.585 bits per heavy atom. The van der Waals surface area contributed by atoms with Gasteiger partial charge in [-0.1, -0.05) is 128 Å². The van der Waals surface area contributed by atoms with Crippen molar-refractivity contribution in [3.05, 3.63) is 152 Å². The Kier molecular flexibility index (Phi) is 7.12.